The maximum Gasteiger partial charge on any atom is 0.0988 e. The Kier molecular flexibility index (Phi) is 3.89. The second-order valence-electron chi connectivity index (χ2n) is 7.18. The number of hydrogen-bond donors (Lipinski definition) is 0. The third kappa shape index (κ3) is 2.87. The van der Waals surface area contributed by atoms with Gasteiger partial charge in [0.25, 0.3) is 0 Å². The van der Waals surface area contributed by atoms with Gasteiger partial charge in [0.2, 0.25) is 0 Å². The van der Waals surface area contributed by atoms with E-state index in [1.54, 1.807) is 0 Å². The second kappa shape index (κ2) is 6.54. The molecule has 0 amide bonds. The lowest BCUT2D eigenvalue weighted by molar-refractivity contribution is 0.471. The second-order valence-corrected chi connectivity index (χ2v) is 7.18. The maximum absolute atomic E-state index is 5.01. The van der Waals surface area contributed by atoms with Gasteiger partial charge in [0.1, 0.15) is 0 Å². The van der Waals surface area contributed by atoms with Crippen LogP contribution in [-0.2, 0) is 7.05 Å². The smallest absolute Gasteiger partial charge is 0.0988 e. The van der Waals surface area contributed by atoms with Crippen molar-refractivity contribution in [3.8, 4) is 11.3 Å². The van der Waals surface area contributed by atoms with E-state index in [1.165, 1.54) is 23.7 Å². The minimum atomic E-state index is 0.928. The van der Waals surface area contributed by atoms with Crippen LogP contribution in [0.5, 0.6) is 0 Å². The minimum Gasteiger partial charge on any atom is -0.377 e. The maximum atomic E-state index is 5.01. The number of para-hydroxylation sites is 3. The first-order valence-electron chi connectivity index (χ1n) is 9.53. The summed E-state index contributed by atoms with van der Waals surface area (Å²) < 4.78 is 2.16. The molecule has 0 unspecified atom stereocenters. The van der Waals surface area contributed by atoms with Crippen LogP contribution in [0, 0.1) is 0 Å². The number of aromatic nitrogens is 3. The summed E-state index contributed by atoms with van der Waals surface area (Å²) in [5, 5.41) is 1.21. The average Bonchev–Trinajstić information content (AvgIpc) is 3.34. The summed E-state index contributed by atoms with van der Waals surface area (Å²) in [6.07, 6.45) is 9.01. The third-order valence-corrected chi connectivity index (χ3v) is 5.33. The molecule has 3 heterocycles. The van der Waals surface area contributed by atoms with E-state index in [0.717, 1.165) is 41.1 Å². The van der Waals surface area contributed by atoms with Gasteiger partial charge in [-0.1, -0.05) is 30.3 Å². The number of aryl methyl sites for hydroxylation is 1. The summed E-state index contributed by atoms with van der Waals surface area (Å²) >= 11 is 0. The summed E-state index contributed by atoms with van der Waals surface area (Å²) in [6, 6.07) is 16.6. The van der Waals surface area contributed by atoms with Crippen molar-refractivity contribution in [1.82, 2.24) is 19.4 Å². The highest BCUT2D eigenvalue weighted by atomic mass is 15.1. The molecule has 5 rings (SSSR count). The zero-order valence-corrected chi connectivity index (χ0v) is 15.5. The molecule has 1 fully saturated rings. The molecule has 134 valence electrons. The van der Waals surface area contributed by atoms with Crippen molar-refractivity contribution in [2.45, 2.75) is 12.8 Å². The Morgan fingerprint density at radius 1 is 0.889 bits per heavy atom. The van der Waals surface area contributed by atoms with Gasteiger partial charge < -0.3 is 9.47 Å². The number of likely N-dealkylation sites (tertiary alicyclic amines) is 1. The lowest BCUT2D eigenvalue weighted by Crippen LogP contribution is -2.10. The lowest BCUT2D eigenvalue weighted by atomic mass is 10.1. The van der Waals surface area contributed by atoms with Gasteiger partial charge in [0, 0.05) is 49.0 Å². The summed E-state index contributed by atoms with van der Waals surface area (Å²) in [4.78, 5) is 12.3. The zero-order chi connectivity index (χ0) is 18.2. The van der Waals surface area contributed by atoms with Crippen molar-refractivity contribution in [3.05, 3.63) is 66.6 Å². The molecule has 0 atom stereocenters. The minimum absolute atomic E-state index is 0.928. The topological polar surface area (TPSA) is 34.0 Å². The van der Waals surface area contributed by atoms with Crippen molar-refractivity contribution in [2.24, 2.45) is 7.05 Å². The molecular weight excluding hydrogens is 332 g/mol. The summed E-state index contributed by atoms with van der Waals surface area (Å²) in [6.45, 7) is 2.25. The summed E-state index contributed by atoms with van der Waals surface area (Å²) in [5.74, 6) is 0. The highest BCUT2D eigenvalue weighted by Crippen LogP contribution is 2.32. The van der Waals surface area contributed by atoms with Gasteiger partial charge >= 0.3 is 0 Å². The Bertz CT molecular complexity index is 1150. The normalized spacial score (nSPS) is 14.8. The molecular formula is C23H22N4. The number of rotatable bonds is 3. The zero-order valence-electron chi connectivity index (χ0n) is 15.5. The molecule has 2 aromatic heterocycles. The van der Waals surface area contributed by atoms with Gasteiger partial charge in [0.15, 0.2) is 0 Å². The highest BCUT2D eigenvalue weighted by molar-refractivity contribution is 5.97. The first-order chi connectivity index (χ1) is 13.3. The van der Waals surface area contributed by atoms with Crippen LogP contribution in [-0.4, -0.2) is 32.5 Å². The Morgan fingerprint density at radius 2 is 1.59 bits per heavy atom. The van der Waals surface area contributed by atoms with Gasteiger partial charge in [-0.2, -0.15) is 0 Å². The Morgan fingerprint density at radius 3 is 2.41 bits per heavy atom. The molecule has 4 aromatic rings. The van der Waals surface area contributed by atoms with E-state index >= 15 is 0 Å². The van der Waals surface area contributed by atoms with Crippen molar-refractivity contribution in [3.63, 3.8) is 0 Å². The molecule has 0 saturated carbocycles. The van der Waals surface area contributed by atoms with E-state index in [9.17, 15) is 0 Å². The lowest BCUT2D eigenvalue weighted by Gasteiger charge is -2.11. The third-order valence-electron chi connectivity index (χ3n) is 5.33. The van der Waals surface area contributed by atoms with Gasteiger partial charge in [0.05, 0.1) is 22.4 Å². The SMILES string of the molecule is Cn1cc(-c2nc3ccccc3nc2/C=C/N2CCCC2)c2ccccc21. The highest BCUT2D eigenvalue weighted by Gasteiger charge is 2.15. The van der Waals surface area contributed by atoms with E-state index in [1.807, 2.05) is 24.3 Å². The van der Waals surface area contributed by atoms with Gasteiger partial charge in [-0.05, 0) is 37.1 Å². The van der Waals surface area contributed by atoms with Gasteiger partial charge in [-0.25, -0.2) is 9.97 Å². The fourth-order valence-corrected chi connectivity index (χ4v) is 3.93. The number of benzene rings is 2. The summed E-state index contributed by atoms with van der Waals surface area (Å²) in [5.41, 5.74) is 6.07. The van der Waals surface area contributed by atoms with Crippen molar-refractivity contribution in [2.75, 3.05) is 13.1 Å². The Hall–Kier alpha value is -3.14. The van der Waals surface area contributed by atoms with Crippen LogP contribution in [0.4, 0.5) is 0 Å². The van der Waals surface area contributed by atoms with E-state index in [2.05, 4.69) is 59.3 Å². The summed E-state index contributed by atoms with van der Waals surface area (Å²) in [7, 11) is 2.08. The first kappa shape index (κ1) is 16.1. The van der Waals surface area contributed by atoms with Gasteiger partial charge in [-0.3, -0.25) is 0 Å². The average molecular weight is 354 g/mol. The van der Waals surface area contributed by atoms with Crippen LogP contribution >= 0.6 is 0 Å². The van der Waals surface area contributed by atoms with E-state index in [0.29, 0.717) is 0 Å². The molecule has 4 heteroatoms. The Balaban J connectivity index is 1.72. The molecule has 27 heavy (non-hydrogen) atoms. The number of nitrogens with zero attached hydrogens (tertiary/aromatic N) is 4. The fraction of sp³-hybridized carbons (Fsp3) is 0.217. The van der Waals surface area contributed by atoms with Crippen LogP contribution < -0.4 is 0 Å². The molecule has 1 saturated heterocycles. The molecule has 0 aliphatic carbocycles. The molecule has 2 aromatic carbocycles. The van der Waals surface area contributed by atoms with E-state index in [4.69, 9.17) is 9.97 Å². The quantitative estimate of drug-likeness (QED) is 0.527. The number of hydrogen-bond acceptors (Lipinski definition) is 3. The van der Waals surface area contributed by atoms with Crippen molar-refractivity contribution in [1.29, 1.82) is 0 Å². The molecule has 1 aliphatic rings. The fourth-order valence-electron chi connectivity index (χ4n) is 3.93. The van der Waals surface area contributed by atoms with E-state index < -0.39 is 0 Å². The molecule has 0 bridgehead atoms. The molecule has 0 N–H and O–H groups in total. The Labute approximate surface area is 158 Å². The van der Waals surface area contributed by atoms with Crippen LogP contribution in [0.15, 0.2) is 60.9 Å². The van der Waals surface area contributed by atoms with Crippen LogP contribution in [0.1, 0.15) is 18.5 Å². The van der Waals surface area contributed by atoms with Crippen LogP contribution in [0.3, 0.4) is 0 Å². The molecule has 0 radical (unpaired) electrons. The first-order valence-corrected chi connectivity index (χ1v) is 9.53. The number of fused-ring (bicyclic) bond motifs is 2. The van der Waals surface area contributed by atoms with Crippen molar-refractivity contribution >= 4 is 28.0 Å². The largest absolute Gasteiger partial charge is 0.377 e. The molecule has 4 nitrogen and oxygen atoms in total. The predicted molar refractivity (Wildman–Crippen MR) is 111 cm³/mol. The molecule has 0 spiro atoms. The standard InChI is InChI=1S/C23H22N4/c1-26-16-18(17-8-2-5-11-22(17)26)23-21(12-15-27-13-6-7-14-27)24-19-9-3-4-10-20(19)25-23/h2-5,8-12,15-16H,6-7,13-14H2,1H3/b15-12+. The van der Waals surface area contributed by atoms with Crippen molar-refractivity contribution < 1.29 is 0 Å². The molecule has 1 aliphatic heterocycles. The van der Waals surface area contributed by atoms with Crippen LogP contribution in [0.2, 0.25) is 0 Å². The monoisotopic (exact) mass is 354 g/mol. The van der Waals surface area contributed by atoms with Gasteiger partial charge in [-0.15, -0.1) is 0 Å². The predicted octanol–water partition coefficient (Wildman–Crippen LogP) is 4.86. The van der Waals surface area contributed by atoms with Crippen LogP contribution in [0.25, 0.3) is 39.3 Å². The van der Waals surface area contributed by atoms with E-state index in [-0.39, 0.29) is 0 Å².